The van der Waals surface area contributed by atoms with E-state index in [4.69, 9.17) is 5.73 Å². The summed E-state index contributed by atoms with van der Waals surface area (Å²) in [6, 6.07) is 0. The van der Waals surface area contributed by atoms with Gasteiger partial charge >= 0.3 is 0 Å². The first kappa shape index (κ1) is 11.8. The Balaban J connectivity index is 0. The van der Waals surface area contributed by atoms with Crippen LogP contribution in [0.2, 0.25) is 0 Å². The van der Waals surface area contributed by atoms with Gasteiger partial charge in [-0.1, -0.05) is 0 Å². The van der Waals surface area contributed by atoms with Crippen molar-refractivity contribution in [1.82, 2.24) is 0 Å². The van der Waals surface area contributed by atoms with E-state index in [0.717, 1.165) is 12.8 Å². The van der Waals surface area contributed by atoms with E-state index in [1.54, 1.807) is 0 Å². The summed E-state index contributed by atoms with van der Waals surface area (Å²) in [6.45, 7) is 2.78. The summed E-state index contributed by atoms with van der Waals surface area (Å²) < 4.78 is 0. The maximum absolute atomic E-state index is 5.20. The minimum Gasteiger partial charge on any atom is -0.360 e. The van der Waals surface area contributed by atoms with Crippen LogP contribution >= 0.6 is 0 Å². The maximum atomic E-state index is 5.20. The molecule has 0 aliphatic heterocycles. The molecule has 2 heteroatoms. The molecular formula is C6H13NY-2. The SMILES string of the molecule is C[CH-]CC[CH-]CN.[Y]. The molecular weight excluding hydrogens is 175 g/mol. The zero-order valence-corrected chi connectivity index (χ0v) is 8.27. The predicted octanol–water partition coefficient (Wildman–Crippen LogP) is 1.15. The summed E-state index contributed by atoms with van der Waals surface area (Å²) in [5.74, 6) is 0. The molecule has 0 unspecified atom stereocenters. The first-order chi connectivity index (χ1) is 3.41. The molecule has 0 atom stereocenters. The quantitative estimate of drug-likeness (QED) is 0.519. The van der Waals surface area contributed by atoms with E-state index >= 15 is 0 Å². The van der Waals surface area contributed by atoms with E-state index in [1.165, 1.54) is 0 Å². The van der Waals surface area contributed by atoms with Crippen molar-refractivity contribution in [2.75, 3.05) is 6.54 Å². The summed E-state index contributed by atoms with van der Waals surface area (Å²) in [5.41, 5.74) is 5.20. The normalized spacial score (nSPS) is 8.25. The molecule has 47 valence electrons. The summed E-state index contributed by atoms with van der Waals surface area (Å²) in [5, 5.41) is 0. The van der Waals surface area contributed by atoms with E-state index in [1.807, 2.05) is 0 Å². The van der Waals surface area contributed by atoms with Crippen LogP contribution in [0.15, 0.2) is 0 Å². The van der Waals surface area contributed by atoms with E-state index in [2.05, 4.69) is 19.8 Å². The molecule has 0 aromatic rings. The molecule has 0 amide bonds. The third-order valence-electron chi connectivity index (χ3n) is 0.826. The van der Waals surface area contributed by atoms with Crippen molar-refractivity contribution in [1.29, 1.82) is 0 Å². The Bertz CT molecular complexity index is 27.7. The fourth-order valence-corrected chi connectivity index (χ4v) is 0.402. The average Bonchev–Trinajstić information content (AvgIpc) is 1.69. The van der Waals surface area contributed by atoms with Gasteiger partial charge in [0.15, 0.2) is 0 Å². The smallest absolute Gasteiger partial charge is 0 e. The van der Waals surface area contributed by atoms with Crippen LogP contribution in [0.3, 0.4) is 0 Å². The van der Waals surface area contributed by atoms with Gasteiger partial charge in [0.2, 0.25) is 0 Å². The Morgan fingerprint density at radius 1 is 1.38 bits per heavy atom. The standard InChI is InChI=1S/C6H13N.Y/c1-2-3-4-5-6-7;/h2,5H,3-4,6-7H2,1H3;/q-2;. The minimum absolute atomic E-state index is 0. The van der Waals surface area contributed by atoms with Gasteiger partial charge in [-0.3, -0.25) is 0 Å². The maximum Gasteiger partial charge on any atom is 0 e. The van der Waals surface area contributed by atoms with Crippen LogP contribution in [0.25, 0.3) is 0 Å². The second-order valence-electron chi connectivity index (χ2n) is 1.51. The van der Waals surface area contributed by atoms with E-state index < -0.39 is 0 Å². The van der Waals surface area contributed by atoms with Gasteiger partial charge in [-0.2, -0.15) is 6.92 Å². The van der Waals surface area contributed by atoms with Crippen LogP contribution in [0, 0.1) is 12.8 Å². The van der Waals surface area contributed by atoms with Gasteiger partial charge in [0.1, 0.15) is 0 Å². The second-order valence-corrected chi connectivity index (χ2v) is 1.51. The summed E-state index contributed by atoms with van der Waals surface area (Å²) in [7, 11) is 0. The van der Waals surface area contributed by atoms with Crippen molar-refractivity contribution in [3.05, 3.63) is 12.8 Å². The Morgan fingerprint density at radius 3 is 2.38 bits per heavy atom. The average molecular weight is 188 g/mol. The van der Waals surface area contributed by atoms with Crippen molar-refractivity contribution < 1.29 is 32.7 Å². The Hall–Kier alpha value is 1.06. The van der Waals surface area contributed by atoms with Gasteiger partial charge in [-0.25, -0.2) is 12.8 Å². The van der Waals surface area contributed by atoms with Gasteiger partial charge < -0.3 is 18.6 Å². The molecule has 0 aliphatic rings. The molecule has 0 heterocycles. The summed E-state index contributed by atoms with van der Waals surface area (Å²) in [6.07, 6.45) is 6.52. The Kier molecular flexibility index (Phi) is 16.2. The van der Waals surface area contributed by atoms with Crippen molar-refractivity contribution in [3.8, 4) is 0 Å². The molecule has 0 aromatic carbocycles. The molecule has 0 aliphatic carbocycles. The first-order valence-electron chi connectivity index (χ1n) is 2.71. The number of rotatable bonds is 4. The van der Waals surface area contributed by atoms with E-state index in [0.29, 0.717) is 6.54 Å². The van der Waals surface area contributed by atoms with Crippen LogP contribution < -0.4 is 5.73 Å². The third kappa shape index (κ3) is 10.1. The Labute approximate surface area is 77.3 Å². The molecule has 0 spiro atoms. The fraction of sp³-hybridized carbons (Fsp3) is 0.667. The van der Waals surface area contributed by atoms with Gasteiger partial charge in [0.05, 0.1) is 0 Å². The molecule has 0 saturated carbocycles. The van der Waals surface area contributed by atoms with Gasteiger partial charge in [0, 0.05) is 32.7 Å². The van der Waals surface area contributed by atoms with E-state index in [-0.39, 0.29) is 32.7 Å². The fourth-order valence-electron chi connectivity index (χ4n) is 0.402. The molecule has 1 nitrogen and oxygen atoms in total. The van der Waals surface area contributed by atoms with Gasteiger partial charge in [0.25, 0.3) is 0 Å². The third-order valence-corrected chi connectivity index (χ3v) is 0.826. The molecule has 0 rings (SSSR count). The van der Waals surface area contributed by atoms with E-state index in [9.17, 15) is 0 Å². The van der Waals surface area contributed by atoms with Crippen molar-refractivity contribution in [2.45, 2.75) is 19.8 Å². The zero-order valence-electron chi connectivity index (χ0n) is 5.43. The van der Waals surface area contributed by atoms with Gasteiger partial charge in [-0.15, -0.1) is 6.54 Å². The zero-order chi connectivity index (χ0) is 5.54. The first-order valence-corrected chi connectivity index (χ1v) is 2.71. The molecule has 0 fully saturated rings. The van der Waals surface area contributed by atoms with Crippen molar-refractivity contribution in [3.63, 3.8) is 0 Å². The van der Waals surface area contributed by atoms with Crippen LogP contribution in [-0.4, -0.2) is 6.54 Å². The molecule has 0 bridgehead atoms. The molecule has 8 heavy (non-hydrogen) atoms. The number of hydrogen-bond acceptors (Lipinski definition) is 1. The monoisotopic (exact) mass is 188 g/mol. The van der Waals surface area contributed by atoms with Crippen molar-refractivity contribution >= 4 is 0 Å². The molecule has 1 radical (unpaired) electrons. The van der Waals surface area contributed by atoms with Crippen LogP contribution in [0.1, 0.15) is 19.8 Å². The molecule has 2 N–H and O–H groups in total. The minimum atomic E-state index is 0. The molecule has 0 aromatic heterocycles. The second kappa shape index (κ2) is 10.9. The Morgan fingerprint density at radius 2 is 2.00 bits per heavy atom. The number of nitrogens with two attached hydrogens (primary N) is 1. The van der Waals surface area contributed by atoms with Crippen molar-refractivity contribution in [2.24, 2.45) is 5.73 Å². The molecule has 0 saturated heterocycles. The predicted molar refractivity (Wildman–Crippen MR) is 32.6 cm³/mol. The van der Waals surface area contributed by atoms with Crippen LogP contribution in [-0.2, 0) is 32.7 Å². The summed E-state index contributed by atoms with van der Waals surface area (Å²) >= 11 is 0. The number of hydrogen-bond donors (Lipinski definition) is 1. The summed E-state index contributed by atoms with van der Waals surface area (Å²) in [4.78, 5) is 0. The van der Waals surface area contributed by atoms with Gasteiger partial charge in [-0.05, 0) is 0 Å². The van der Waals surface area contributed by atoms with Crippen LogP contribution in [0.5, 0.6) is 0 Å². The van der Waals surface area contributed by atoms with Crippen LogP contribution in [0.4, 0.5) is 0 Å². The topological polar surface area (TPSA) is 26.0 Å². The largest absolute Gasteiger partial charge is 0.360 e. The number of unbranched alkanes of at least 4 members (excludes halogenated alkanes) is 3.